The molecule has 4 heterocycles. The Morgan fingerprint density at radius 2 is 1.62 bits per heavy atom. The molecule has 0 radical (unpaired) electrons. The number of likely N-dealkylation sites (tertiary alicyclic amines) is 2. The van der Waals surface area contributed by atoms with E-state index in [0.717, 1.165) is 10.5 Å². The zero-order valence-electron chi connectivity index (χ0n) is 36.2. The van der Waals surface area contributed by atoms with Crippen LogP contribution in [0.4, 0.5) is 16.2 Å². The highest BCUT2D eigenvalue weighted by Gasteiger charge is 2.40. The Bertz CT molecular complexity index is 2350. The van der Waals surface area contributed by atoms with Crippen LogP contribution in [-0.4, -0.2) is 117 Å². The summed E-state index contributed by atoms with van der Waals surface area (Å²) in [5.41, 5.74) is 3.28. The first-order chi connectivity index (χ1) is 30.6. The average Bonchev–Trinajstić information content (AvgIpc) is 3.60. The molecule has 3 aromatic rings. The van der Waals surface area contributed by atoms with Gasteiger partial charge in [-0.05, 0) is 86.7 Å². The van der Waals surface area contributed by atoms with E-state index in [9.17, 15) is 39.0 Å². The smallest absolute Gasteiger partial charge is 0.411 e. The number of amides is 6. The quantitative estimate of drug-likeness (QED) is 0.0856. The first-order valence-electron chi connectivity index (χ1n) is 21.8. The summed E-state index contributed by atoms with van der Waals surface area (Å²) in [6.07, 6.45) is 1.64. The molecule has 3 aromatic carbocycles. The van der Waals surface area contributed by atoms with Gasteiger partial charge in [0.2, 0.25) is 17.7 Å². The first-order valence-corrected chi connectivity index (χ1v) is 21.8. The lowest BCUT2D eigenvalue weighted by molar-refractivity contribution is -0.139. The summed E-state index contributed by atoms with van der Waals surface area (Å²) in [7, 11) is 0. The van der Waals surface area contributed by atoms with E-state index in [1.165, 1.54) is 17.0 Å². The number of likely N-dealkylation sites (N-methyl/N-ethyl adjacent to an activating group) is 1. The van der Waals surface area contributed by atoms with Gasteiger partial charge < -0.3 is 30.1 Å². The van der Waals surface area contributed by atoms with Crippen LogP contribution in [0, 0.1) is 16.7 Å². The van der Waals surface area contributed by atoms with Crippen molar-refractivity contribution in [1.82, 2.24) is 25.3 Å². The van der Waals surface area contributed by atoms with Gasteiger partial charge in [-0.1, -0.05) is 32.0 Å². The highest BCUT2D eigenvalue weighted by atomic mass is 16.6. The van der Waals surface area contributed by atoms with Crippen LogP contribution in [-0.2, 0) is 37.0 Å². The molecule has 7 N–H and O–H groups in total. The fourth-order valence-corrected chi connectivity index (χ4v) is 8.87. The normalized spacial score (nSPS) is 18.4. The van der Waals surface area contributed by atoms with Gasteiger partial charge in [0.1, 0.15) is 29.5 Å². The lowest BCUT2D eigenvalue weighted by Crippen LogP contribution is -2.52. The number of carbonyl (C=O) groups is 6. The molecule has 1 unspecified atom stereocenters. The Hall–Kier alpha value is -6.82. The molecular formula is C46H55N9O9. The molecule has 4 aliphatic heterocycles. The monoisotopic (exact) mass is 877 g/mol. The number of phenols is 2. The van der Waals surface area contributed by atoms with Gasteiger partial charge in [0.15, 0.2) is 5.84 Å². The summed E-state index contributed by atoms with van der Waals surface area (Å²) >= 11 is 0. The maximum absolute atomic E-state index is 13.6. The SMILES string of the molecule is CCNC(=O)C(=N)N(C(=N)c1cc(C(C)C)c(O)cc1O)c1ccc(CN2CCC(C(=O)N3CCC(OC(=O)Nc4cccc5c4CN(C4CCC(=O)NC4=O)C5=O)CC3)CC2)cc1. The Balaban J connectivity index is 0.884. The molecule has 0 aliphatic carbocycles. The number of phenolic OH excluding ortho intramolecular Hbond substituents is 2. The molecule has 0 aromatic heterocycles. The van der Waals surface area contributed by atoms with Gasteiger partial charge in [0, 0.05) is 86.5 Å². The summed E-state index contributed by atoms with van der Waals surface area (Å²) in [5, 5.41) is 46.5. The second kappa shape index (κ2) is 19.3. The van der Waals surface area contributed by atoms with Crippen LogP contribution in [0.3, 0.4) is 0 Å². The number of nitrogens with one attached hydrogen (secondary N) is 5. The summed E-state index contributed by atoms with van der Waals surface area (Å²) in [5.74, 6) is -3.32. The number of imide groups is 1. The molecule has 0 saturated carbocycles. The second-order valence-corrected chi connectivity index (χ2v) is 17.0. The fourth-order valence-electron chi connectivity index (χ4n) is 8.87. The van der Waals surface area contributed by atoms with Crippen molar-refractivity contribution in [3.8, 4) is 11.5 Å². The van der Waals surface area contributed by atoms with Crippen LogP contribution in [0.15, 0.2) is 54.6 Å². The van der Waals surface area contributed by atoms with Crippen LogP contribution in [0.1, 0.15) is 97.8 Å². The van der Waals surface area contributed by atoms with Crippen LogP contribution in [0.25, 0.3) is 0 Å². The zero-order valence-corrected chi connectivity index (χ0v) is 36.2. The minimum Gasteiger partial charge on any atom is -0.508 e. The Kier molecular flexibility index (Phi) is 13.6. The van der Waals surface area contributed by atoms with E-state index in [-0.39, 0.29) is 78.4 Å². The van der Waals surface area contributed by atoms with E-state index in [0.29, 0.717) is 86.5 Å². The van der Waals surface area contributed by atoms with Crippen LogP contribution >= 0.6 is 0 Å². The van der Waals surface area contributed by atoms with Crippen LogP contribution in [0.2, 0.25) is 0 Å². The third-order valence-corrected chi connectivity index (χ3v) is 12.4. The number of rotatable bonds is 10. The number of fused-ring (bicyclic) bond motifs is 1. The van der Waals surface area contributed by atoms with Crippen molar-refractivity contribution in [3.05, 3.63) is 82.4 Å². The highest BCUT2D eigenvalue weighted by molar-refractivity contribution is 6.48. The fraction of sp³-hybridized carbons (Fsp3) is 0.435. The standard InChI is InChI=1S/C46H55N9O9/c1-4-49-43(60)41(48)55(40(47)33-22-32(26(2)3)37(56)23-38(33)57)29-10-8-27(9-11-29)24-52-18-14-28(15-19-52)44(61)53-20-16-30(17-21-53)64-46(63)50-35-7-5-6-31-34(35)25-54(45(31)62)36-12-13-39(58)51-42(36)59/h5-11,22-23,26,28,30,36,47-48,56-57H,4,12-21,24-25H2,1-3H3,(H,49,60)(H,50,63)(H,51,58,59). The van der Waals surface area contributed by atoms with Crippen molar-refractivity contribution in [2.45, 2.75) is 90.4 Å². The first kappa shape index (κ1) is 45.2. The third-order valence-electron chi connectivity index (χ3n) is 12.4. The highest BCUT2D eigenvalue weighted by Crippen LogP contribution is 2.35. The number of amidine groups is 2. The minimum absolute atomic E-state index is 0.0630. The number of hydrogen-bond acceptors (Lipinski definition) is 12. The molecule has 0 bridgehead atoms. The molecule has 7 rings (SSSR count). The van der Waals surface area contributed by atoms with Gasteiger partial charge in [-0.2, -0.15) is 0 Å². The number of anilines is 2. The maximum atomic E-state index is 13.6. The molecule has 3 saturated heterocycles. The van der Waals surface area contributed by atoms with Crippen LogP contribution < -0.4 is 20.9 Å². The molecule has 338 valence electrons. The number of nitrogens with zero attached hydrogens (tertiary/aromatic N) is 4. The Labute approximate surface area is 370 Å². The average molecular weight is 878 g/mol. The van der Waals surface area contributed by atoms with E-state index in [4.69, 9.17) is 15.6 Å². The number of ether oxygens (including phenoxy) is 1. The summed E-state index contributed by atoms with van der Waals surface area (Å²) < 4.78 is 5.75. The predicted molar refractivity (Wildman–Crippen MR) is 236 cm³/mol. The zero-order chi connectivity index (χ0) is 45.8. The van der Waals surface area contributed by atoms with Gasteiger partial charge in [-0.25, -0.2) is 4.79 Å². The predicted octanol–water partition coefficient (Wildman–Crippen LogP) is 4.38. The van der Waals surface area contributed by atoms with Crippen molar-refractivity contribution < 1.29 is 43.7 Å². The number of aromatic hydroxyl groups is 2. The topological polar surface area (TPSA) is 249 Å². The number of carbonyl (C=O) groups excluding carboxylic acids is 6. The third kappa shape index (κ3) is 9.71. The molecule has 0 spiro atoms. The molecular weight excluding hydrogens is 823 g/mol. The summed E-state index contributed by atoms with van der Waals surface area (Å²) in [4.78, 5) is 83.5. The lowest BCUT2D eigenvalue weighted by Gasteiger charge is -2.37. The summed E-state index contributed by atoms with van der Waals surface area (Å²) in [6.45, 7) is 8.78. The lowest BCUT2D eigenvalue weighted by atomic mass is 9.93. The van der Waals surface area contributed by atoms with Crippen molar-refractivity contribution in [2.75, 3.05) is 42.9 Å². The van der Waals surface area contributed by atoms with Gasteiger partial charge in [-0.3, -0.25) is 55.2 Å². The molecule has 3 fully saturated rings. The van der Waals surface area contributed by atoms with Crippen molar-refractivity contribution in [3.63, 3.8) is 0 Å². The molecule has 18 heteroatoms. The van der Waals surface area contributed by atoms with Gasteiger partial charge in [0.05, 0.1) is 5.56 Å². The van der Waals surface area contributed by atoms with Crippen molar-refractivity contribution in [1.29, 1.82) is 10.8 Å². The van der Waals surface area contributed by atoms with Crippen molar-refractivity contribution >= 4 is 58.7 Å². The Morgan fingerprint density at radius 3 is 2.28 bits per heavy atom. The number of hydrogen-bond donors (Lipinski definition) is 7. The molecule has 18 nitrogen and oxygen atoms in total. The molecule has 6 amide bonds. The molecule has 4 aliphatic rings. The molecule has 64 heavy (non-hydrogen) atoms. The van der Waals surface area contributed by atoms with E-state index < -0.39 is 35.9 Å². The van der Waals surface area contributed by atoms with Crippen molar-refractivity contribution in [2.24, 2.45) is 5.92 Å². The maximum Gasteiger partial charge on any atom is 0.411 e. The largest absolute Gasteiger partial charge is 0.508 e. The van der Waals surface area contributed by atoms with Crippen LogP contribution in [0.5, 0.6) is 11.5 Å². The second-order valence-electron chi connectivity index (χ2n) is 17.0. The van der Waals surface area contributed by atoms with E-state index >= 15 is 0 Å². The van der Waals surface area contributed by atoms with E-state index in [1.54, 1.807) is 37.3 Å². The number of piperidine rings is 3. The van der Waals surface area contributed by atoms with Gasteiger partial charge in [-0.15, -0.1) is 0 Å². The minimum atomic E-state index is -0.772. The van der Waals surface area contributed by atoms with Gasteiger partial charge >= 0.3 is 6.09 Å². The molecule has 1 atom stereocenters. The Morgan fingerprint density at radius 1 is 0.922 bits per heavy atom. The summed E-state index contributed by atoms with van der Waals surface area (Å²) in [6, 6.07) is 14.0. The van der Waals surface area contributed by atoms with E-state index in [2.05, 4.69) is 20.9 Å². The van der Waals surface area contributed by atoms with E-state index in [1.807, 2.05) is 30.9 Å². The number of benzene rings is 3. The van der Waals surface area contributed by atoms with Gasteiger partial charge in [0.25, 0.3) is 11.8 Å².